The third kappa shape index (κ3) is 1.93. The van der Waals surface area contributed by atoms with E-state index in [1.165, 1.54) is 0 Å². The lowest BCUT2D eigenvalue weighted by molar-refractivity contribution is -0.130. The first-order valence-electron chi connectivity index (χ1n) is 3.83. The maximum Gasteiger partial charge on any atom is 0.219 e. The Labute approximate surface area is 67.3 Å². The van der Waals surface area contributed by atoms with Crippen molar-refractivity contribution in [1.82, 2.24) is 4.90 Å². The summed E-state index contributed by atoms with van der Waals surface area (Å²) in [6, 6.07) is 0.275. The minimum atomic E-state index is 0.140. The van der Waals surface area contributed by atoms with Gasteiger partial charge >= 0.3 is 0 Å². The van der Waals surface area contributed by atoms with Crippen LogP contribution in [0.3, 0.4) is 0 Å². The molecule has 0 N–H and O–H groups in total. The van der Waals surface area contributed by atoms with Crippen molar-refractivity contribution >= 4 is 5.91 Å². The first kappa shape index (κ1) is 8.53. The zero-order valence-corrected chi connectivity index (χ0v) is 7.04. The molecule has 0 saturated carbocycles. The van der Waals surface area contributed by atoms with Crippen LogP contribution in [0.2, 0.25) is 0 Å². The molecule has 1 aliphatic heterocycles. The SMILES string of the molecule is COCC1C[CH]CN1C(C)=O. The maximum atomic E-state index is 11.0. The summed E-state index contributed by atoms with van der Waals surface area (Å²) in [6.45, 7) is 3.03. The van der Waals surface area contributed by atoms with Gasteiger partial charge in [0.05, 0.1) is 12.6 Å². The number of nitrogens with zero attached hydrogens (tertiary/aromatic N) is 1. The van der Waals surface area contributed by atoms with Crippen LogP contribution in [0.25, 0.3) is 0 Å². The average Bonchev–Trinajstić information content (AvgIpc) is 2.36. The number of amides is 1. The molecule has 0 bridgehead atoms. The Morgan fingerprint density at radius 3 is 3.09 bits per heavy atom. The van der Waals surface area contributed by atoms with Crippen molar-refractivity contribution in [2.24, 2.45) is 0 Å². The number of carbonyl (C=O) groups is 1. The highest BCUT2D eigenvalue weighted by molar-refractivity contribution is 5.74. The quantitative estimate of drug-likeness (QED) is 0.581. The predicted octanol–water partition coefficient (Wildman–Crippen LogP) is 0.458. The molecule has 0 aromatic heterocycles. The molecule has 1 saturated heterocycles. The van der Waals surface area contributed by atoms with E-state index in [9.17, 15) is 4.79 Å². The third-order valence-corrected chi connectivity index (χ3v) is 1.97. The van der Waals surface area contributed by atoms with Gasteiger partial charge in [0, 0.05) is 20.6 Å². The summed E-state index contributed by atoms with van der Waals surface area (Å²) < 4.78 is 4.99. The van der Waals surface area contributed by atoms with E-state index in [0.717, 1.165) is 13.0 Å². The van der Waals surface area contributed by atoms with Crippen LogP contribution >= 0.6 is 0 Å². The number of hydrogen-bond acceptors (Lipinski definition) is 2. The Hall–Kier alpha value is -0.570. The van der Waals surface area contributed by atoms with Crippen LogP contribution in [-0.2, 0) is 9.53 Å². The molecule has 0 aromatic rings. The molecular weight excluding hydrogens is 142 g/mol. The number of carbonyl (C=O) groups excluding carboxylic acids is 1. The molecule has 1 unspecified atom stereocenters. The van der Waals surface area contributed by atoms with Gasteiger partial charge in [-0.3, -0.25) is 4.79 Å². The van der Waals surface area contributed by atoms with Gasteiger partial charge in [0.15, 0.2) is 0 Å². The fourth-order valence-corrected chi connectivity index (χ4v) is 1.42. The second kappa shape index (κ2) is 3.72. The fourth-order valence-electron chi connectivity index (χ4n) is 1.42. The minimum absolute atomic E-state index is 0.140. The molecule has 1 radical (unpaired) electrons. The van der Waals surface area contributed by atoms with Crippen LogP contribution in [-0.4, -0.2) is 37.1 Å². The average molecular weight is 156 g/mol. The molecule has 1 amide bonds. The first-order chi connectivity index (χ1) is 5.25. The van der Waals surface area contributed by atoms with Gasteiger partial charge in [-0.2, -0.15) is 0 Å². The normalized spacial score (nSPS) is 24.2. The van der Waals surface area contributed by atoms with E-state index < -0.39 is 0 Å². The number of ether oxygens (including phenoxy) is 1. The van der Waals surface area contributed by atoms with Crippen LogP contribution < -0.4 is 0 Å². The largest absolute Gasteiger partial charge is 0.383 e. The molecule has 0 aliphatic carbocycles. The Bertz CT molecular complexity index is 147. The van der Waals surface area contributed by atoms with Crippen LogP contribution in [0.1, 0.15) is 13.3 Å². The van der Waals surface area contributed by atoms with Gasteiger partial charge in [-0.25, -0.2) is 0 Å². The van der Waals surface area contributed by atoms with Crippen LogP contribution in [0, 0.1) is 6.42 Å². The molecule has 1 atom stereocenters. The summed E-state index contributed by atoms with van der Waals surface area (Å²) in [5.74, 6) is 0.140. The first-order valence-corrected chi connectivity index (χ1v) is 3.83. The lowest BCUT2D eigenvalue weighted by atomic mass is 10.2. The highest BCUT2D eigenvalue weighted by Gasteiger charge is 2.25. The lowest BCUT2D eigenvalue weighted by Crippen LogP contribution is -2.36. The number of hydrogen-bond donors (Lipinski definition) is 0. The summed E-state index contributed by atoms with van der Waals surface area (Å²) in [6.07, 6.45) is 3.08. The van der Waals surface area contributed by atoms with Crippen molar-refractivity contribution in [2.45, 2.75) is 19.4 Å². The van der Waals surface area contributed by atoms with Crippen molar-refractivity contribution in [3.63, 3.8) is 0 Å². The van der Waals surface area contributed by atoms with E-state index in [1.807, 2.05) is 4.90 Å². The predicted molar refractivity (Wildman–Crippen MR) is 42.0 cm³/mol. The van der Waals surface area contributed by atoms with Gasteiger partial charge in [0.2, 0.25) is 5.91 Å². The lowest BCUT2D eigenvalue weighted by Gasteiger charge is -2.21. The molecule has 1 heterocycles. The van der Waals surface area contributed by atoms with Crippen molar-refractivity contribution in [1.29, 1.82) is 0 Å². The van der Waals surface area contributed by atoms with Gasteiger partial charge in [-0.15, -0.1) is 0 Å². The second-order valence-electron chi connectivity index (χ2n) is 2.80. The topological polar surface area (TPSA) is 29.5 Å². The summed E-state index contributed by atoms with van der Waals surface area (Å²) in [5.41, 5.74) is 0. The standard InChI is InChI=1S/C8H14NO2/c1-7(10)9-5-3-4-8(9)6-11-2/h3,8H,4-6H2,1-2H3. The molecule has 1 rings (SSSR count). The van der Waals surface area contributed by atoms with E-state index in [-0.39, 0.29) is 11.9 Å². The van der Waals surface area contributed by atoms with Gasteiger partial charge < -0.3 is 9.64 Å². The number of likely N-dealkylation sites (tertiary alicyclic amines) is 1. The van der Waals surface area contributed by atoms with Gasteiger partial charge in [-0.1, -0.05) is 0 Å². The maximum absolute atomic E-state index is 11.0. The molecule has 3 nitrogen and oxygen atoms in total. The molecule has 11 heavy (non-hydrogen) atoms. The summed E-state index contributed by atoms with van der Waals surface area (Å²) in [7, 11) is 1.66. The van der Waals surface area contributed by atoms with E-state index in [0.29, 0.717) is 6.61 Å². The molecular formula is C8H14NO2. The Morgan fingerprint density at radius 2 is 2.55 bits per heavy atom. The van der Waals surface area contributed by atoms with E-state index in [1.54, 1.807) is 14.0 Å². The smallest absolute Gasteiger partial charge is 0.219 e. The molecule has 63 valence electrons. The van der Waals surface area contributed by atoms with Crippen molar-refractivity contribution in [2.75, 3.05) is 20.3 Å². The third-order valence-electron chi connectivity index (χ3n) is 1.97. The molecule has 1 fully saturated rings. The highest BCUT2D eigenvalue weighted by Crippen LogP contribution is 2.15. The van der Waals surface area contributed by atoms with E-state index >= 15 is 0 Å². The Balaban J connectivity index is 2.44. The molecule has 0 aromatic carbocycles. The fraction of sp³-hybridized carbons (Fsp3) is 0.750. The zero-order valence-electron chi connectivity index (χ0n) is 7.04. The number of methoxy groups -OCH3 is 1. The summed E-state index contributed by atoms with van der Waals surface area (Å²) in [4.78, 5) is 12.8. The van der Waals surface area contributed by atoms with Gasteiger partial charge in [0.1, 0.15) is 0 Å². The van der Waals surface area contributed by atoms with Crippen LogP contribution in [0.15, 0.2) is 0 Å². The van der Waals surface area contributed by atoms with Gasteiger partial charge in [-0.05, 0) is 12.8 Å². The van der Waals surface area contributed by atoms with Crippen molar-refractivity contribution < 1.29 is 9.53 Å². The second-order valence-corrected chi connectivity index (χ2v) is 2.80. The number of rotatable bonds is 2. The highest BCUT2D eigenvalue weighted by atomic mass is 16.5. The van der Waals surface area contributed by atoms with E-state index in [2.05, 4.69) is 6.42 Å². The van der Waals surface area contributed by atoms with Crippen LogP contribution in [0.5, 0.6) is 0 Å². The zero-order chi connectivity index (χ0) is 8.27. The monoisotopic (exact) mass is 156 g/mol. The minimum Gasteiger partial charge on any atom is -0.383 e. The van der Waals surface area contributed by atoms with Crippen molar-refractivity contribution in [3.8, 4) is 0 Å². The summed E-state index contributed by atoms with van der Waals surface area (Å²) >= 11 is 0. The van der Waals surface area contributed by atoms with Gasteiger partial charge in [0.25, 0.3) is 0 Å². The van der Waals surface area contributed by atoms with Crippen LogP contribution in [0.4, 0.5) is 0 Å². The molecule has 0 spiro atoms. The summed E-state index contributed by atoms with van der Waals surface area (Å²) in [5, 5.41) is 0. The van der Waals surface area contributed by atoms with Crippen molar-refractivity contribution in [3.05, 3.63) is 6.42 Å². The Morgan fingerprint density at radius 1 is 1.82 bits per heavy atom. The Kier molecular flexibility index (Phi) is 2.88. The molecule has 1 aliphatic rings. The molecule has 3 heteroatoms. The van der Waals surface area contributed by atoms with E-state index in [4.69, 9.17) is 4.74 Å².